The number of nitrogens with one attached hydrogen (secondary N) is 1. The summed E-state index contributed by atoms with van der Waals surface area (Å²) >= 11 is 0. The zero-order valence-electron chi connectivity index (χ0n) is 16.7. The van der Waals surface area contributed by atoms with E-state index in [-0.39, 0.29) is 18.2 Å². The number of morpholine rings is 1. The Kier molecular flexibility index (Phi) is 6.40. The van der Waals surface area contributed by atoms with Crippen molar-refractivity contribution >= 4 is 15.9 Å². The fourth-order valence-corrected chi connectivity index (χ4v) is 4.67. The fraction of sp³-hybridized carbons (Fsp3) is 0.286. The first-order valence-electron chi connectivity index (χ1n) is 9.82. The van der Waals surface area contributed by atoms with E-state index >= 15 is 0 Å². The third-order valence-electron chi connectivity index (χ3n) is 4.83. The number of ether oxygens (including phenoxy) is 1. The van der Waals surface area contributed by atoms with Crippen LogP contribution >= 0.6 is 0 Å². The smallest absolute Gasteiger partial charge is 0.251 e. The Hall–Kier alpha value is -3.08. The van der Waals surface area contributed by atoms with Crippen molar-refractivity contribution in [2.24, 2.45) is 0 Å². The lowest BCUT2D eigenvalue weighted by Crippen LogP contribution is -2.41. The van der Waals surface area contributed by atoms with Crippen LogP contribution in [0.1, 0.15) is 21.8 Å². The average Bonchev–Trinajstić information content (AvgIpc) is 3.28. The van der Waals surface area contributed by atoms with Crippen LogP contribution in [-0.2, 0) is 27.1 Å². The van der Waals surface area contributed by atoms with Crippen molar-refractivity contribution in [1.82, 2.24) is 19.8 Å². The summed E-state index contributed by atoms with van der Waals surface area (Å²) in [5.41, 5.74) is 1.86. The zero-order valence-corrected chi connectivity index (χ0v) is 17.5. The molecule has 1 aliphatic heterocycles. The van der Waals surface area contributed by atoms with Gasteiger partial charge in [-0.25, -0.2) is 8.42 Å². The molecule has 3 aromatic rings. The summed E-state index contributed by atoms with van der Waals surface area (Å²) in [5, 5.41) is 6.64. The molecular weight excluding hydrogens is 420 g/mol. The molecule has 10 heteroatoms. The Bertz CT molecular complexity index is 1120. The third-order valence-corrected chi connectivity index (χ3v) is 6.68. The predicted molar refractivity (Wildman–Crippen MR) is 112 cm³/mol. The number of nitrogens with zero attached hydrogens (tertiary/aromatic N) is 3. The average molecular weight is 442 g/mol. The van der Waals surface area contributed by atoms with E-state index in [9.17, 15) is 13.2 Å². The van der Waals surface area contributed by atoms with Crippen LogP contribution in [0.2, 0.25) is 0 Å². The number of aromatic nitrogens is 2. The summed E-state index contributed by atoms with van der Waals surface area (Å²) in [4.78, 5) is 16.7. The van der Waals surface area contributed by atoms with Crippen molar-refractivity contribution in [3.63, 3.8) is 0 Å². The van der Waals surface area contributed by atoms with Gasteiger partial charge in [0.15, 0.2) is 0 Å². The Balaban J connectivity index is 1.33. The highest BCUT2D eigenvalue weighted by Gasteiger charge is 2.24. The van der Waals surface area contributed by atoms with Gasteiger partial charge in [-0.15, -0.1) is 0 Å². The van der Waals surface area contributed by atoms with Crippen LogP contribution in [0.4, 0.5) is 0 Å². The maximum Gasteiger partial charge on any atom is 0.251 e. The molecule has 9 nitrogen and oxygen atoms in total. The van der Waals surface area contributed by atoms with Gasteiger partial charge >= 0.3 is 0 Å². The maximum absolute atomic E-state index is 12.5. The van der Waals surface area contributed by atoms with Gasteiger partial charge in [0.1, 0.15) is 0 Å². The molecule has 1 saturated heterocycles. The van der Waals surface area contributed by atoms with E-state index in [0.717, 1.165) is 5.56 Å². The first kappa shape index (κ1) is 21.2. The van der Waals surface area contributed by atoms with Crippen LogP contribution < -0.4 is 5.32 Å². The van der Waals surface area contributed by atoms with E-state index in [1.807, 2.05) is 30.3 Å². The molecule has 31 heavy (non-hydrogen) atoms. The normalized spacial score (nSPS) is 15.0. The van der Waals surface area contributed by atoms with Crippen LogP contribution in [-0.4, -0.2) is 55.1 Å². The number of carbonyl (C=O) groups excluding carboxylic acids is 1. The molecule has 1 N–H and O–H groups in total. The quantitative estimate of drug-likeness (QED) is 0.594. The number of hydrogen-bond donors (Lipinski definition) is 1. The SMILES string of the molecule is O=C(NCc1nc(-c2ccccc2)no1)c1ccc(CS(=O)(=O)N2CCOCC2)cc1. The highest BCUT2D eigenvalue weighted by molar-refractivity contribution is 7.88. The van der Waals surface area contributed by atoms with Crippen molar-refractivity contribution < 1.29 is 22.5 Å². The first-order valence-corrected chi connectivity index (χ1v) is 11.4. The summed E-state index contributed by atoms with van der Waals surface area (Å²) in [5.74, 6) is 0.317. The van der Waals surface area contributed by atoms with Gasteiger partial charge in [0.05, 0.1) is 25.5 Å². The van der Waals surface area contributed by atoms with E-state index in [0.29, 0.717) is 49.1 Å². The van der Waals surface area contributed by atoms with Crippen molar-refractivity contribution in [2.75, 3.05) is 26.3 Å². The summed E-state index contributed by atoms with van der Waals surface area (Å²) in [6.45, 7) is 1.64. The fourth-order valence-electron chi connectivity index (χ4n) is 3.17. The molecule has 2 heterocycles. The van der Waals surface area contributed by atoms with E-state index in [1.165, 1.54) is 4.31 Å². The van der Waals surface area contributed by atoms with Gasteiger partial charge in [0, 0.05) is 24.2 Å². The van der Waals surface area contributed by atoms with Gasteiger partial charge < -0.3 is 14.6 Å². The molecule has 162 valence electrons. The van der Waals surface area contributed by atoms with E-state index in [4.69, 9.17) is 9.26 Å². The van der Waals surface area contributed by atoms with Gasteiger partial charge in [-0.2, -0.15) is 9.29 Å². The summed E-state index contributed by atoms with van der Waals surface area (Å²) in [6.07, 6.45) is 0. The highest BCUT2D eigenvalue weighted by atomic mass is 32.2. The monoisotopic (exact) mass is 442 g/mol. The number of hydrogen-bond acceptors (Lipinski definition) is 7. The van der Waals surface area contributed by atoms with Crippen molar-refractivity contribution in [1.29, 1.82) is 0 Å². The molecule has 1 fully saturated rings. The highest BCUT2D eigenvalue weighted by Crippen LogP contribution is 2.16. The summed E-state index contributed by atoms with van der Waals surface area (Å²) in [6, 6.07) is 15.9. The molecule has 1 aromatic heterocycles. The van der Waals surface area contributed by atoms with Gasteiger partial charge in [0.25, 0.3) is 5.91 Å². The Morgan fingerprint density at radius 2 is 1.74 bits per heavy atom. The molecule has 4 rings (SSSR count). The van der Waals surface area contributed by atoms with Crippen LogP contribution in [0.5, 0.6) is 0 Å². The van der Waals surface area contributed by atoms with Gasteiger partial charge in [-0.05, 0) is 17.7 Å². The number of rotatable bonds is 7. The molecule has 0 atom stereocenters. The first-order chi connectivity index (χ1) is 15.0. The molecule has 0 aliphatic carbocycles. The van der Waals surface area contributed by atoms with Gasteiger partial charge in [-0.1, -0.05) is 47.6 Å². The molecular formula is C21H22N4O5S. The number of amides is 1. The van der Waals surface area contributed by atoms with Crippen LogP contribution in [0.3, 0.4) is 0 Å². The third kappa shape index (κ3) is 5.35. The molecule has 1 aliphatic rings. The van der Waals surface area contributed by atoms with Gasteiger partial charge in [0.2, 0.25) is 21.7 Å². The maximum atomic E-state index is 12.5. The largest absolute Gasteiger partial charge is 0.379 e. The number of benzene rings is 2. The van der Waals surface area contributed by atoms with Crippen molar-refractivity contribution in [3.05, 3.63) is 71.6 Å². The van der Waals surface area contributed by atoms with Crippen molar-refractivity contribution in [2.45, 2.75) is 12.3 Å². The molecule has 2 aromatic carbocycles. The zero-order chi connectivity index (χ0) is 21.7. The standard InChI is InChI=1S/C21H22N4O5S/c26-21(22-14-19-23-20(24-30-19)17-4-2-1-3-5-17)18-8-6-16(7-9-18)15-31(27,28)25-10-12-29-13-11-25/h1-9H,10-15H2,(H,22,26). The Morgan fingerprint density at radius 1 is 1.03 bits per heavy atom. The summed E-state index contributed by atoms with van der Waals surface area (Å²) in [7, 11) is -3.41. The number of sulfonamides is 1. The molecule has 1 amide bonds. The van der Waals surface area contributed by atoms with Gasteiger partial charge in [-0.3, -0.25) is 4.79 Å². The second-order valence-electron chi connectivity index (χ2n) is 7.02. The van der Waals surface area contributed by atoms with Crippen LogP contribution in [0.25, 0.3) is 11.4 Å². The second kappa shape index (κ2) is 9.38. The van der Waals surface area contributed by atoms with Crippen LogP contribution in [0.15, 0.2) is 59.1 Å². The topological polar surface area (TPSA) is 115 Å². The molecule has 0 radical (unpaired) electrons. The summed E-state index contributed by atoms with van der Waals surface area (Å²) < 4.78 is 36.8. The Morgan fingerprint density at radius 3 is 2.45 bits per heavy atom. The van der Waals surface area contributed by atoms with E-state index in [1.54, 1.807) is 24.3 Å². The molecule has 0 spiro atoms. The Labute approximate surface area is 180 Å². The lowest BCUT2D eigenvalue weighted by Gasteiger charge is -2.26. The molecule has 0 bridgehead atoms. The molecule has 0 saturated carbocycles. The van der Waals surface area contributed by atoms with E-state index < -0.39 is 10.0 Å². The predicted octanol–water partition coefficient (Wildman–Crippen LogP) is 1.83. The lowest BCUT2D eigenvalue weighted by molar-refractivity contribution is 0.0729. The second-order valence-corrected chi connectivity index (χ2v) is 8.99. The van der Waals surface area contributed by atoms with E-state index in [2.05, 4.69) is 15.5 Å². The number of carbonyl (C=O) groups is 1. The lowest BCUT2D eigenvalue weighted by atomic mass is 10.1. The minimum absolute atomic E-state index is 0.0891. The minimum Gasteiger partial charge on any atom is -0.379 e. The van der Waals surface area contributed by atoms with Crippen molar-refractivity contribution in [3.8, 4) is 11.4 Å². The van der Waals surface area contributed by atoms with Crippen LogP contribution in [0, 0.1) is 0 Å². The molecule has 0 unspecified atom stereocenters. The minimum atomic E-state index is -3.41.